The minimum atomic E-state index is -0.435. The Hall–Kier alpha value is -3.66. The number of fused-ring (bicyclic) bond motifs is 1. The molecule has 4 atom stereocenters. The fourth-order valence-corrected chi connectivity index (χ4v) is 6.00. The molecule has 4 aliphatic heterocycles. The van der Waals surface area contributed by atoms with E-state index in [9.17, 15) is 9.59 Å². The van der Waals surface area contributed by atoms with Crippen molar-refractivity contribution in [3.63, 3.8) is 0 Å². The SMILES string of the molecule is NC1NNC(=O)C2C1C(c1ccc(Oc3ccccc3)cc1)=CN2[C@@H]1CCCN(C(=O)/C=C/CN2CCC2)C1. The first-order chi connectivity index (χ1) is 19.1. The number of hydrogen-bond acceptors (Lipinski definition) is 7. The molecule has 4 N–H and O–H groups in total. The van der Waals surface area contributed by atoms with E-state index in [1.807, 2.05) is 65.6 Å². The summed E-state index contributed by atoms with van der Waals surface area (Å²) in [5.74, 6) is 1.24. The second-order valence-electron chi connectivity index (χ2n) is 10.7. The van der Waals surface area contributed by atoms with E-state index >= 15 is 0 Å². The van der Waals surface area contributed by atoms with Crippen LogP contribution in [0.15, 0.2) is 72.9 Å². The van der Waals surface area contributed by atoms with Gasteiger partial charge in [-0.3, -0.25) is 19.9 Å². The molecule has 9 nitrogen and oxygen atoms in total. The summed E-state index contributed by atoms with van der Waals surface area (Å²) in [5.41, 5.74) is 14.2. The highest BCUT2D eigenvalue weighted by Crippen LogP contribution is 2.41. The first-order valence-electron chi connectivity index (χ1n) is 13.9. The van der Waals surface area contributed by atoms with Crippen LogP contribution in [0.5, 0.6) is 11.5 Å². The van der Waals surface area contributed by atoms with Gasteiger partial charge < -0.3 is 20.3 Å². The standard InChI is InChI=1S/C30H36N6O3/c31-29-27-25(21-11-13-24(14-12-21)39-23-8-2-1-3-9-23)20-36(28(27)30(38)33-32-29)22-7-4-18-35(19-22)26(37)10-5-15-34-16-6-17-34/h1-3,5,8-14,20,22,27-29,32H,4,6-7,15-19,31H2,(H,33,38)/b10-5+/t22-,27?,28?,29?/m1/s1. The molecular weight excluding hydrogens is 492 g/mol. The van der Waals surface area contributed by atoms with E-state index in [0.29, 0.717) is 6.54 Å². The second kappa shape index (κ2) is 11.2. The molecule has 0 radical (unpaired) electrons. The molecule has 0 spiro atoms. The Labute approximate surface area is 229 Å². The number of rotatable bonds is 7. The zero-order chi connectivity index (χ0) is 26.8. The van der Waals surface area contributed by atoms with E-state index in [2.05, 4.69) is 26.9 Å². The first kappa shape index (κ1) is 25.6. The molecule has 0 aliphatic carbocycles. The highest BCUT2D eigenvalue weighted by atomic mass is 16.5. The summed E-state index contributed by atoms with van der Waals surface area (Å²) in [6, 6.07) is 17.2. The molecule has 9 heteroatoms. The molecule has 2 amide bonds. The van der Waals surface area contributed by atoms with Crippen LogP contribution in [0.25, 0.3) is 5.57 Å². The summed E-state index contributed by atoms with van der Waals surface area (Å²) in [7, 11) is 0. The Balaban J connectivity index is 1.20. The summed E-state index contributed by atoms with van der Waals surface area (Å²) in [6.07, 6.45) is 8.38. The number of para-hydroxylation sites is 1. The number of carbonyl (C=O) groups excluding carboxylic acids is 2. The molecule has 3 unspecified atom stereocenters. The topological polar surface area (TPSA) is 103 Å². The first-order valence-corrected chi connectivity index (χ1v) is 13.9. The molecule has 0 saturated carbocycles. The fourth-order valence-electron chi connectivity index (χ4n) is 6.00. The maximum Gasteiger partial charge on any atom is 0.257 e. The van der Waals surface area contributed by atoms with Crippen LogP contribution in [0.4, 0.5) is 0 Å². The van der Waals surface area contributed by atoms with Crippen LogP contribution in [-0.2, 0) is 9.59 Å². The third-order valence-electron chi connectivity index (χ3n) is 8.20. The molecular formula is C30H36N6O3. The number of nitrogens with zero attached hydrogens (tertiary/aromatic N) is 3. The van der Waals surface area contributed by atoms with Crippen molar-refractivity contribution < 1.29 is 14.3 Å². The molecule has 0 aromatic heterocycles. The number of nitrogens with one attached hydrogen (secondary N) is 2. The van der Waals surface area contributed by atoms with Crippen molar-refractivity contribution in [3.8, 4) is 11.5 Å². The predicted octanol–water partition coefficient (Wildman–Crippen LogP) is 2.29. The molecule has 6 rings (SSSR count). The minimum absolute atomic E-state index is 0.0354. The molecule has 4 heterocycles. The van der Waals surface area contributed by atoms with Crippen molar-refractivity contribution in [2.45, 2.75) is 37.5 Å². The maximum atomic E-state index is 13.1. The Morgan fingerprint density at radius 2 is 1.79 bits per heavy atom. The van der Waals surface area contributed by atoms with Crippen LogP contribution < -0.4 is 21.3 Å². The average molecular weight is 529 g/mol. The molecule has 4 aliphatic rings. The number of nitrogens with two attached hydrogens (primary N) is 1. The molecule has 3 fully saturated rings. The van der Waals surface area contributed by atoms with E-state index in [0.717, 1.165) is 61.7 Å². The molecule has 39 heavy (non-hydrogen) atoms. The van der Waals surface area contributed by atoms with Gasteiger partial charge in [0.1, 0.15) is 17.5 Å². The quantitative estimate of drug-likeness (QED) is 0.474. The van der Waals surface area contributed by atoms with Crippen LogP contribution in [0, 0.1) is 5.92 Å². The van der Waals surface area contributed by atoms with E-state index < -0.39 is 12.2 Å². The van der Waals surface area contributed by atoms with Crippen LogP contribution in [0.1, 0.15) is 24.8 Å². The van der Waals surface area contributed by atoms with Gasteiger partial charge in [-0.25, -0.2) is 5.43 Å². The number of amides is 2. The third kappa shape index (κ3) is 5.43. The highest BCUT2D eigenvalue weighted by molar-refractivity contribution is 5.89. The lowest BCUT2D eigenvalue weighted by Gasteiger charge is -2.43. The predicted molar refractivity (Wildman–Crippen MR) is 149 cm³/mol. The van der Waals surface area contributed by atoms with Crippen molar-refractivity contribution >= 4 is 17.4 Å². The van der Waals surface area contributed by atoms with Crippen molar-refractivity contribution in [3.05, 3.63) is 78.5 Å². The van der Waals surface area contributed by atoms with Gasteiger partial charge in [0, 0.05) is 43.9 Å². The van der Waals surface area contributed by atoms with Crippen LogP contribution in [0.3, 0.4) is 0 Å². The third-order valence-corrected chi connectivity index (χ3v) is 8.20. The fraction of sp³-hybridized carbons (Fsp3) is 0.400. The smallest absolute Gasteiger partial charge is 0.257 e. The molecule has 204 valence electrons. The van der Waals surface area contributed by atoms with Gasteiger partial charge in [-0.05, 0) is 67.8 Å². The number of hydrogen-bond donors (Lipinski definition) is 3. The summed E-state index contributed by atoms with van der Waals surface area (Å²) < 4.78 is 5.97. The van der Waals surface area contributed by atoms with Gasteiger partial charge in [0.25, 0.3) is 5.91 Å². The van der Waals surface area contributed by atoms with Crippen molar-refractivity contribution in [2.75, 3.05) is 32.7 Å². The van der Waals surface area contributed by atoms with Crippen molar-refractivity contribution in [2.24, 2.45) is 11.7 Å². The van der Waals surface area contributed by atoms with Crippen molar-refractivity contribution in [1.29, 1.82) is 0 Å². The summed E-state index contributed by atoms with van der Waals surface area (Å²) >= 11 is 0. The minimum Gasteiger partial charge on any atom is -0.457 e. The van der Waals surface area contributed by atoms with E-state index in [4.69, 9.17) is 10.5 Å². The second-order valence-corrected chi connectivity index (χ2v) is 10.7. The lowest BCUT2D eigenvalue weighted by Crippen LogP contribution is -2.67. The summed E-state index contributed by atoms with van der Waals surface area (Å²) in [6.45, 7) is 4.36. The summed E-state index contributed by atoms with van der Waals surface area (Å²) in [5, 5.41) is 0. The van der Waals surface area contributed by atoms with Gasteiger partial charge in [-0.1, -0.05) is 36.4 Å². The monoisotopic (exact) mass is 528 g/mol. The van der Waals surface area contributed by atoms with E-state index in [-0.39, 0.29) is 23.8 Å². The van der Waals surface area contributed by atoms with Gasteiger partial charge in [-0.2, -0.15) is 0 Å². The molecule has 3 saturated heterocycles. The average Bonchev–Trinajstić information content (AvgIpc) is 3.35. The zero-order valence-corrected chi connectivity index (χ0v) is 22.0. The van der Waals surface area contributed by atoms with Gasteiger partial charge >= 0.3 is 0 Å². The normalized spacial score (nSPS) is 27.1. The lowest BCUT2D eigenvalue weighted by molar-refractivity contribution is -0.132. The van der Waals surface area contributed by atoms with Gasteiger partial charge in [-0.15, -0.1) is 0 Å². The van der Waals surface area contributed by atoms with Gasteiger partial charge in [0.15, 0.2) is 0 Å². The molecule has 0 bridgehead atoms. The Bertz CT molecular complexity index is 1240. The van der Waals surface area contributed by atoms with E-state index in [1.54, 1.807) is 6.08 Å². The van der Waals surface area contributed by atoms with Crippen molar-refractivity contribution in [1.82, 2.24) is 25.6 Å². The number of benzene rings is 2. The van der Waals surface area contributed by atoms with Crippen LogP contribution in [-0.4, -0.2) is 77.5 Å². The maximum absolute atomic E-state index is 13.1. The Kier molecular flexibility index (Phi) is 7.36. The number of carbonyl (C=O) groups is 2. The highest BCUT2D eigenvalue weighted by Gasteiger charge is 2.49. The number of ether oxygens (including phenoxy) is 1. The number of piperidine rings is 1. The van der Waals surface area contributed by atoms with Crippen LogP contribution in [0.2, 0.25) is 0 Å². The molecule has 2 aromatic rings. The lowest BCUT2D eigenvalue weighted by atomic mass is 9.86. The zero-order valence-electron chi connectivity index (χ0n) is 22.0. The summed E-state index contributed by atoms with van der Waals surface area (Å²) in [4.78, 5) is 32.5. The number of likely N-dealkylation sites (tertiary alicyclic amines) is 2. The van der Waals surface area contributed by atoms with Gasteiger partial charge in [0.05, 0.1) is 6.17 Å². The number of hydrazine groups is 1. The Morgan fingerprint density at radius 3 is 2.54 bits per heavy atom. The van der Waals surface area contributed by atoms with Gasteiger partial charge in [0.2, 0.25) is 5.91 Å². The molecule has 2 aromatic carbocycles. The van der Waals surface area contributed by atoms with Crippen LogP contribution >= 0.6 is 0 Å². The largest absolute Gasteiger partial charge is 0.457 e. The Morgan fingerprint density at radius 1 is 1.03 bits per heavy atom. The van der Waals surface area contributed by atoms with E-state index in [1.165, 1.54) is 6.42 Å².